The van der Waals surface area contributed by atoms with E-state index in [-0.39, 0.29) is 12.1 Å². The zero-order valence-electron chi connectivity index (χ0n) is 8.91. The number of anilines is 2. The smallest absolute Gasteiger partial charge is 0.171 e. The summed E-state index contributed by atoms with van der Waals surface area (Å²) < 4.78 is 1.64. The molecule has 1 aromatic rings. The van der Waals surface area contributed by atoms with Gasteiger partial charge in [-0.2, -0.15) is 5.10 Å². The second-order valence-corrected chi connectivity index (χ2v) is 3.80. The molecule has 5 heteroatoms. The van der Waals surface area contributed by atoms with E-state index in [0.717, 1.165) is 6.42 Å². The third kappa shape index (κ3) is 2.17. The van der Waals surface area contributed by atoms with E-state index in [4.69, 9.17) is 5.73 Å². The van der Waals surface area contributed by atoms with Crippen LogP contribution in [-0.4, -0.2) is 27.0 Å². The van der Waals surface area contributed by atoms with Crippen molar-refractivity contribution in [2.45, 2.75) is 25.8 Å². The topological polar surface area (TPSA) is 76.1 Å². The van der Waals surface area contributed by atoms with Crippen LogP contribution < -0.4 is 11.1 Å². The molecular formula is C9H18N4O. The van der Waals surface area contributed by atoms with Gasteiger partial charge in [-0.1, -0.05) is 6.92 Å². The number of rotatable bonds is 4. The molecule has 1 heterocycles. The average Bonchev–Trinajstić information content (AvgIpc) is 2.45. The first-order valence-corrected chi connectivity index (χ1v) is 4.69. The number of nitrogen functional groups attached to an aromatic ring is 1. The normalized spacial score (nSPS) is 15.1. The molecule has 0 aliphatic heterocycles. The highest BCUT2D eigenvalue weighted by atomic mass is 16.3. The van der Waals surface area contributed by atoms with Gasteiger partial charge in [0.05, 0.1) is 17.8 Å². The maximum absolute atomic E-state index is 9.21. The second-order valence-electron chi connectivity index (χ2n) is 3.80. The molecule has 1 atom stereocenters. The Hall–Kier alpha value is -1.23. The molecule has 14 heavy (non-hydrogen) atoms. The zero-order valence-corrected chi connectivity index (χ0v) is 8.91. The zero-order chi connectivity index (χ0) is 10.8. The molecule has 80 valence electrons. The van der Waals surface area contributed by atoms with E-state index < -0.39 is 0 Å². The van der Waals surface area contributed by atoms with Crippen LogP contribution in [0.3, 0.4) is 0 Å². The van der Waals surface area contributed by atoms with Gasteiger partial charge in [0, 0.05) is 13.2 Å². The Labute approximate surface area is 83.9 Å². The predicted molar refractivity (Wildman–Crippen MR) is 57.0 cm³/mol. The van der Waals surface area contributed by atoms with Crippen LogP contribution in [0.25, 0.3) is 0 Å². The Kier molecular flexibility index (Phi) is 3.00. The van der Waals surface area contributed by atoms with Gasteiger partial charge in [0.25, 0.3) is 0 Å². The summed E-state index contributed by atoms with van der Waals surface area (Å²) in [6.07, 6.45) is 2.54. The lowest BCUT2D eigenvalue weighted by Crippen LogP contribution is -2.38. The molecule has 5 nitrogen and oxygen atoms in total. The number of nitrogens with two attached hydrogens (primary N) is 1. The van der Waals surface area contributed by atoms with Crippen molar-refractivity contribution in [1.29, 1.82) is 0 Å². The lowest BCUT2D eigenvalue weighted by Gasteiger charge is -2.27. The number of aliphatic hydroxyl groups excluding tert-OH is 1. The highest BCUT2D eigenvalue weighted by Gasteiger charge is 2.22. The Morgan fingerprint density at radius 3 is 2.71 bits per heavy atom. The fourth-order valence-electron chi connectivity index (χ4n) is 1.13. The molecule has 1 unspecified atom stereocenters. The average molecular weight is 198 g/mol. The molecule has 4 N–H and O–H groups in total. The molecule has 0 amide bonds. The van der Waals surface area contributed by atoms with Crippen molar-refractivity contribution in [3.8, 4) is 0 Å². The predicted octanol–water partition coefficient (Wildman–Crippen LogP) is 0.575. The van der Waals surface area contributed by atoms with Crippen LogP contribution in [-0.2, 0) is 7.05 Å². The Morgan fingerprint density at radius 1 is 1.71 bits per heavy atom. The third-order valence-corrected chi connectivity index (χ3v) is 2.41. The van der Waals surface area contributed by atoms with Crippen LogP contribution >= 0.6 is 0 Å². The molecule has 1 rings (SSSR count). The monoisotopic (exact) mass is 198 g/mol. The van der Waals surface area contributed by atoms with Crippen molar-refractivity contribution >= 4 is 11.5 Å². The van der Waals surface area contributed by atoms with Gasteiger partial charge in [-0.15, -0.1) is 0 Å². The molecule has 0 radical (unpaired) electrons. The molecule has 0 aromatic carbocycles. The SMILES string of the molecule is CCC(C)(CO)Nc1nn(C)cc1N. The fourth-order valence-corrected chi connectivity index (χ4v) is 1.13. The number of nitrogens with zero attached hydrogens (tertiary/aromatic N) is 2. The molecule has 0 aliphatic rings. The largest absolute Gasteiger partial charge is 0.394 e. The quantitative estimate of drug-likeness (QED) is 0.661. The molecular weight excluding hydrogens is 180 g/mol. The maximum atomic E-state index is 9.21. The van der Waals surface area contributed by atoms with Crippen LogP contribution in [0, 0.1) is 0 Å². The summed E-state index contributed by atoms with van der Waals surface area (Å²) in [5.74, 6) is 0.630. The van der Waals surface area contributed by atoms with Crippen molar-refractivity contribution in [2.75, 3.05) is 17.7 Å². The van der Waals surface area contributed by atoms with E-state index in [1.54, 1.807) is 10.9 Å². The molecule has 0 bridgehead atoms. The fraction of sp³-hybridized carbons (Fsp3) is 0.667. The Bertz CT molecular complexity index is 304. The summed E-state index contributed by atoms with van der Waals surface area (Å²) in [4.78, 5) is 0. The summed E-state index contributed by atoms with van der Waals surface area (Å²) in [6.45, 7) is 3.99. The Balaban J connectivity index is 2.81. The summed E-state index contributed by atoms with van der Waals surface area (Å²) >= 11 is 0. The van der Waals surface area contributed by atoms with Crippen molar-refractivity contribution in [1.82, 2.24) is 9.78 Å². The minimum Gasteiger partial charge on any atom is -0.394 e. The first kappa shape index (κ1) is 10.8. The van der Waals surface area contributed by atoms with Gasteiger partial charge in [-0.3, -0.25) is 4.68 Å². The van der Waals surface area contributed by atoms with Crippen molar-refractivity contribution < 1.29 is 5.11 Å². The Morgan fingerprint density at radius 2 is 2.36 bits per heavy atom. The van der Waals surface area contributed by atoms with Gasteiger partial charge < -0.3 is 16.2 Å². The summed E-state index contributed by atoms with van der Waals surface area (Å²) in [5, 5.41) is 16.5. The molecule has 0 fully saturated rings. The minimum absolute atomic E-state index is 0.0551. The van der Waals surface area contributed by atoms with Gasteiger partial charge in [0.1, 0.15) is 0 Å². The van der Waals surface area contributed by atoms with E-state index in [1.165, 1.54) is 0 Å². The number of hydrogen-bond acceptors (Lipinski definition) is 4. The van der Waals surface area contributed by atoms with Gasteiger partial charge in [-0.05, 0) is 13.3 Å². The minimum atomic E-state index is -0.359. The molecule has 0 saturated heterocycles. The van der Waals surface area contributed by atoms with Gasteiger partial charge in [0.2, 0.25) is 0 Å². The number of nitrogens with one attached hydrogen (secondary N) is 1. The van der Waals surface area contributed by atoms with E-state index in [1.807, 2.05) is 20.9 Å². The van der Waals surface area contributed by atoms with E-state index in [2.05, 4.69) is 10.4 Å². The maximum Gasteiger partial charge on any atom is 0.171 e. The molecule has 0 spiro atoms. The highest BCUT2D eigenvalue weighted by molar-refractivity contribution is 5.60. The van der Waals surface area contributed by atoms with E-state index in [9.17, 15) is 5.11 Å². The third-order valence-electron chi connectivity index (χ3n) is 2.41. The van der Waals surface area contributed by atoms with Crippen LogP contribution in [0.1, 0.15) is 20.3 Å². The van der Waals surface area contributed by atoms with Crippen molar-refractivity contribution in [3.63, 3.8) is 0 Å². The number of aromatic nitrogens is 2. The van der Waals surface area contributed by atoms with Crippen LogP contribution in [0.4, 0.5) is 11.5 Å². The first-order valence-electron chi connectivity index (χ1n) is 4.69. The lowest BCUT2D eigenvalue weighted by molar-refractivity contribution is 0.218. The summed E-state index contributed by atoms with van der Waals surface area (Å²) in [6, 6.07) is 0. The lowest BCUT2D eigenvalue weighted by atomic mass is 10.0. The van der Waals surface area contributed by atoms with Crippen LogP contribution in [0.2, 0.25) is 0 Å². The molecule has 1 aromatic heterocycles. The summed E-state index contributed by atoms with van der Waals surface area (Å²) in [5.41, 5.74) is 5.97. The highest BCUT2D eigenvalue weighted by Crippen LogP contribution is 2.21. The molecule has 0 saturated carbocycles. The van der Waals surface area contributed by atoms with Gasteiger partial charge >= 0.3 is 0 Å². The van der Waals surface area contributed by atoms with Crippen molar-refractivity contribution in [3.05, 3.63) is 6.20 Å². The van der Waals surface area contributed by atoms with Crippen LogP contribution in [0.5, 0.6) is 0 Å². The summed E-state index contributed by atoms with van der Waals surface area (Å²) in [7, 11) is 1.81. The van der Waals surface area contributed by atoms with E-state index in [0.29, 0.717) is 11.5 Å². The van der Waals surface area contributed by atoms with E-state index >= 15 is 0 Å². The number of aliphatic hydroxyl groups is 1. The van der Waals surface area contributed by atoms with Crippen molar-refractivity contribution in [2.24, 2.45) is 7.05 Å². The number of aryl methyl sites for hydroxylation is 1. The standard InChI is InChI=1S/C9H18N4O/c1-4-9(2,6-14)11-8-7(10)5-13(3)12-8/h5,14H,4,6,10H2,1-3H3,(H,11,12). The first-order chi connectivity index (χ1) is 6.50. The van der Waals surface area contributed by atoms with Gasteiger partial charge in [0.15, 0.2) is 5.82 Å². The second kappa shape index (κ2) is 3.88. The molecule has 0 aliphatic carbocycles. The van der Waals surface area contributed by atoms with Gasteiger partial charge in [-0.25, -0.2) is 0 Å². The van der Waals surface area contributed by atoms with Crippen LogP contribution in [0.15, 0.2) is 6.20 Å². The number of hydrogen-bond donors (Lipinski definition) is 3.